The maximum Gasteiger partial charge on any atom is 0.335 e. The first kappa shape index (κ1) is 12.5. The lowest BCUT2D eigenvalue weighted by atomic mass is 10.2. The lowest BCUT2D eigenvalue weighted by Gasteiger charge is -2.35. The molecule has 3 heteroatoms. The summed E-state index contributed by atoms with van der Waals surface area (Å²) in [4.78, 5) is 12.7. The van der Waals surface area contributed by atoms with Gasteiger partial charge in [-0.25, -0.2) is 4.79 Å². The molecule has 2 aromatic rings. The summed E-state index contributed by atoms with van der Waals surface area (Å²) in [6, 6.07) is 20.2. The number of rotatable bonds is 2. The predicted octanol–water partition coefficient (Wildman–Crippen LogP) is 4.29. The van der Waals surface area contributed by atoms with Gasteiger partial charge in [-0.1, -0.05) is 36.4 Å². The number of hydrogen-bond donors (Lipinski definition) is 0. The summed E-state index contributed by atoms with van der Waals surface area (Å²) in [5.41, 5.74) is 2.09. The van der Waals surface area contributed by atoms with Crippen molar-refractivity contribution in [1.29, 1.82) is 0 Å². The molecule has 2 aromatic carbocycles. The molecule has 3 rings (SSSR count). The van der Waals surface area contributed by atoms with Crippen molar-refractivity contribution in [3.05, 3.63) is 60.7 Å². The Morgan fingerprint density at radius 1 is 0.842 bits per heavy atom. The predicted molar refractivity (Wildman–Crippen MR) is 81.0 cm³/mol. The third kappa shape index (κ3) is 2.09. The fourth-order valence-corrected chi connectivity index (χ4v) is 3.84. The van der Waals surface area contributed by atoms with Gasteiger partial charge < -0.3 is 0 Å². The molecule has 1 fully saturated rings. The van der Waals surface area contributed by atoms with Crippen molar-refractivity contribution in [1.82, 2.24) is 3.89 Å². The van der Waals surface area contributed by atoms with Crippen molar-refractivity contribution >= 4 is 29.2 Å². The van der Waals surface area contributed by atoms with Crippen LogP contribution in [-0.2, 0) is 4.79 Å². The summed E-state index contributed by atoms with van der Waals surface area (Å²) < 4.78 is 0.293. The monoisotopic (exact) mass is 270 g/mol. The van der Waals surface area contributed by atoms with Crippen LogP contribution in [0.3, 0.4) is 0 Å². The quantitative estimate of drug-likeness (QED) is 0.598. The fourth-order valence-electron chi connectivity index (χ4n) is 2.52. The van der Waals surface area contributed by atoms with E-state index in [4.69, 9.17) is 0 Å². The van der Waals surface area contributed by atoms with E-state index >= 15 is 0 Å². The number of nitrogens with zero attached hydrogens (tertiary/aromatic N) is 1. The molecule has 0 aliphatic carbocycles. The van der Waals surface area contributed by atoms with Crippen LogP contribution in [0.15, 0.2) is 60.7 Å². The zero-order chi connectivity index (χ0) is 13.1. The summed E-state index contributed by atoms with van der Waals surface area (Å²) in [7, 11) is 0. The van der Waals surface area contributed by atoms with Crippen molar-refractivity contribution in [2.45, 2.75) is 12.8 Å². The van der Waals surface area contributed by atoms with Crippen molar-refractivity contribution in [3.63, 3.8) is 0 Å². The molecular formula is C16H16NOS+. The second-order valence-electron chi connectivity index (χ2n) is 4.61. The maximum atomic E-state index is 12.7. The van der Waals surface area contributed by atoms with Crippen molar-refractivity contribution in [3.8, 4) is 0 Å². The number of carbonyl (C=O) groups is 1. The third-order valence-electron chi connectivity index (χ3n) is 3.41. The summed E-state index contributed by atoms with van der Waals surface area (Å²) in [5, 5.41) is 0. The molecule has 0 N–H and O–H groups in total. The van der Waals surface area contributed by atoms with E-state index in [2.05, 4.69) is 0 Å². The van der Waals surface area contributed by atoms with Crippen molar-refractivity contribution < 1.29 is 4.79 Å². The van der Waals surface area contributed by atoms with Crippen LogP contribution in [0.5, 0.6) is 0 Å². The summed E-state index contributed by atoms with van der Waals surface area (Å²) >= 11 is 1.71. The number of hydrogen-bond acceptors (Lipinski definition) is 2. The molecule has 19 heavy (non-hydrogen) atoms. The minimum absolute atomic E-state index is 0.272. The molecule has 1 heterocycles. The van der Waals surface area contributed by atoms with Crippen LogP contribution in [0.4, 0.5) is 11.4 Å². The largest absolute Gasteiger partial charge is 0.335 e. The number of quaternary nitrogens is 1. The van der Waals surface area contributed by atoms with Crippen molar-refractivity contribution in [2.75, 3.05) is 5.75 Å². The molecule has 0 radical (unpaired) electrons. The van der Waals surface area contributed by atoms with Crippen molar-refractivity contribution in [2.24, 2.45) is 0 Å². The van der Waals surface area contributed by atoms with E-state index in [9.17, 15) is 4.79 Å². The zero-order valence-corrected chi connectivity index (χ0v) is 11.5. The van der Waals surface area contributed by atoms with Crippen LogP contribution in [0.2, 0.25) is 0 Å². The van der Waals surface area contributed by atoms with E-state index in [1.54, 1.807) is 11.9 Å². The van der Waals surface area contributed by atoms with E-state index in [-0.39, 0.29) is 5.91 Å². The van der Waals surface area contributed by atoms with E-state index < -0.39 is 0 Å². The Morgan fingerprint density at radius 2 is 1.37 bits per heavy atom. The summed E-state index contributed by atoms with van der Waals surface area (Å²) in [5.74, 6) is 1.28. The van der Waals surface area contributed by atoms with E-state index in [1.165, 1.54) is 0 Å². The van der Waals surface area contributed by atoms with Gasteiger partial charge in [-0.05, 0) is 6.42 Å². The van der Waals surface area contributed by atoms with Gasteiger partial charge in [0.2, 0.25) is 0 Å². The van der Waals surface area contributed by atoms with Gasteiger partial charge >= 0.3 is 5.91 Å². The third-order valence-corrected chi connectivity index (χ3v) is 4.89. The Bertz CT molecular complexity index is 528. The summed E-state index contributed by atoms with van der Waals surface area (Å²) in [6.45, 7) is 0. The molecule has 1 aliphatic rings. The van der Waals surface area contributed by atoms with Gasteiger partial charge in [0.05, 0.1) is 24.1 Å². The minimum Gasteiger partial charge on any atom is -0.229 e. The molecule has 1 amide bonds. The first-order valence-electron chi connectivity index (χ1n) is 6.52. The Balaban J connectivity index is 2.19. The molecule has 0 aromatic heterocycles. The zero-order valence-electron chi connectivity index (χ0n) is 10.7. The van der Waals surface area contributed by atoms with Gasteiger partial charge in [0, 0.05) is 24.3 Å². The van der Waals surface area contributed by atoms with E-state index in [1.807, 2.05) is 60.7 Å². The second kappa shape index (κ2) is 5.19. The highest BCUT2D eigenvalue weighted by atomic mass is 32.2. The van der Waals surface area contributed by atoms with Crippen LogP contribution in [-0.4, -0.2) is 11.7 Å². The average molecular weight is 270 g/mol. The number of para-hydroxylation sites is 2. The highest BCUT2D eigenvalue weighted by Gasteiger charge is 2.45. The van der Waals surface area contributed by atoms with Crippen LogP contribution >= 0.6 is 11.9 Å². The van der Waals surface area contributed by atoms with Gasteiger partial charge in [-0.3, -0.25) is 0 Å². The molecule has 2 nitrogen and oxygen atoms in total. The minimum atomic E-state index is 0.272. The van der Waals surface area contributed by atoms with Crippen LogP contribution in [0.25, 0.3) is 0 Å². The molecule has 1 saturated heterocycles. The van der Waals surface area contributed by atoms with Crippen LogP contribution in [0, 0.1) is 0 Å². The molecule has 0 spiro atoms. The number of carbonyl (C=O) groups excluding carboxylic acids is 1. The second-order valence-corrected chi connectivity index (χ2v) is 5.83. The van der Waals surface area contributed by atoms with Gasteiger partial charge in [-0.2, -0.15) is 0 Å². The fraction of sp³-hybridized carbons (Fsp3) is 0.188. The molecular weight excluding hydrogens is 254 g/mol. The topological polar surface area (TPSA) is 17.1 Å². The van der Waals surface area contributed by atoms with E-state index in [0.717, 1.165) is 23.5 Å². The molecule has 0 atom stereocenters. The molecule has 0 bridgehead atoms. The first-order valence-corrected chi connectivity index (χ1v) is 7.46. The molecule has 96 valence electrons. The Labute approximate surface area is 117 Å². The van der Waals surface area contributed by atoms with Crippen LogP contribution < -0.4 is 3.89 Å². The highest BCUT2D eigenvalue weighted by Crippen LogP contribution is 2.45. The van der Waals surface area contributed by atoms with Gasteiger partial charge in [0.15, 0.2) is 11.4 Å². The summed E-state index contributed by atoms with van der Waals surface area (Å²) in [6.07, 6.45) is 1.62. The van der Waals surface area contributed by atoms with E-state index in [0.29, 0.717) is 10.3 Å². The number of amides is 1. The Hall–Kier alpha value is -1.58. The van der Waals surface area contributed by atoms with Crippen LogP contribution in [0.1, 0.15) is 12.8 Å². The Morgan fingerprint density at radius 3 is 1.84 bits per heavy atom. The highest BCUT2D eigenvalue weighted by molar-refractivity contribution is 7.99. The lowest BCUT2D eigenvalue weighted by molar-refractivity contribution is -0.124. The molecule has 0 unspecified atom stereocenters. The standard InChI is InChI=1S/C16H16NOS/c18-16-12-7-13-19-17(16,14-8-3-1-4-9-14)15-10-5-2-6-11-15/h1-6,8-11H,7,12-13H2/q+1. The number of benzene rings is 2. The lowest BCUT2D eigenvalue weighted by Crippen LogP contribution is -2.45. The SMILES string of the molecule is O=C1CCCS[N+]1(c1ccccc1)c1ccccc1. The van der Waals surface area contributed by atoms with Gasteiger partial charge in [-0.15, -0.1) is 3.89 Å². The Kier molecular flexibility index (Phi) is 3.40. The van der Waals surface area contributed by atoms with Gasteiger partial charge in [0.1, 0.15) is 0 Å². The molecule has 1 aliphatic heterocycles. The molecule has 0 saturated carbocycles. The average Bonchev–Trinajstić information content (AvgIpc) is 2.50. The normalized spacial score (nSPS) is 18.2. The smallest absolute Gasteiger partial charge is 0.229 e. The van der Waals surface area contributed by atoms with Gasteiger partial charge in [0.25, 0.3) is 0 Å². The maximum absolute atomic E-state index is 12.7. The first-order chi connectivity index (χ1) is 9.34.